The number of rotatable bonds is 3. The van der Waals surface area contributed by atoms with E-state index in [0.29, 0.717) is 5.57 Å². The molecule has 0 amide bonds. The molecule has 3 aromatic carbocycles. The van der Waals surface area contributed by atoms with Crippen LogP contribution in [0.4, 0.5) is 0 Å². The number of nitriles is 1. The van der Waals surface area contributed by atoms with Gasteiger partial charge in [-0.1, -0.05) is 72.3 Å². The molecule has 0 fully saturated rings. The molecule has 2 nitrogen and oxygen atoms in total. The molecule has 0 atom stereocenters. The van der Waals surface area contributed by atoms with E-state index in [-0.39, 0.29) is 0 Å². The van der Waals surface area contributed by atoms with E-state index in [1.165, 1.54) is 16.9 Å². The zero-order valence-corrected chi connectivity index (χ0v) is 15.1. The second-order valence-corrected chi connectivity index (χ2v) is 7.00. The quantitative estimate of drug-likeness (QED) is 0.404. The summed E-state index contributed by atoms with van der Waals surface area (Å²) in [6, 6.07) is 24.9. The van der Waals surface area contributed by atoms with Gasteiger partial charge in [-0.3, -0.25) is 0 Å². The van der Waals surface area contributed by atoms with Gasteiger partial charge in [0.2, 0.25) is 0 Å². The molecule has 0 bridgehead atoms. The van der Waals surface area contributed by atoms with Crippen LogP contribution in [-0.4, -0.2) is 4.98 Å². The molecule has 0 unspecified atom stereocenters. The van der Waals surface area contributed by atoms with Gasteiger partial charge in [-0.05, 0) is 29.3 Å². The van der Waals surface area contributed by atoms with Crippen LogP contribution in [0, 0.1) is 18.3 Å². The molecule has 3 heteroatoms. The first-order valence-electron chi connectivity index (χ1n) is 8.37. The van der Waals surface area contributed by atoms with Crippen molar-refractivity contribution in [3.8, 4) is 17.3 Å². The summed E-state index contributed by atoms with van der Waals surface area (Å²) in [5, 5.41) is 14.7. The maximum absolute atomic E-state index is 9.68. The van der Waals surface area contributed by atoms with Crippen LogP contribution in [0.25, 0.3) is 33.7 Å². The summed E-state index contributed by atoms with van der Waals surface area (Å²) in [7, 11) is 0. The van der Waals surface area contributed by atoms with Crippen molar-refractivity contribution < 1.29 is 0 Å². The van der Waals surface area contributed by atoms with E-state index >= 15 is 0 Å². The summed E-state index contributed by atoms with van der Waals surface area (Å²) in [4.78, 5) is 4.69. The van der Waals surface area contributed by atoms with Crippen LogP contribution < -0.4 is 0 Å². The third kappa shape index (κ3) is 3.15. The normalized spacial score (nSPS) is 11.5. The summed E-state index contributed by atoms with van der Waals surface area (Å²) in [6.07, 6.45) is 1.93. The Labute approximate surface area is 156 Å². The third-order valence-corrected chi connectivity index (χ3v) is 5.20. The zero-order chi connectivity index (χ0) is 17.9. The lowest BCUT2D eigenvalue weighted by molar-refractivity contribution is 1.36. The number of nitrogens with zero attached hydrogens (tertiary/aromatic N) is 2. The third-order valence-electron chi connectivity index (χ3n) is 4.33. The molecule has 4 rings (SSSR count). The number of hydrogen-bond acceptors (Lipinski definition) is 3. The molecule has 0 N–H and O–H groups in total. The topological polar surface area (TPSA) is 36.7 Å². The van der Waals surface area contributed by atoms with Crippen molar-refractivity contribution in [1.82, 2.24) is 4.98 Å². The summed E-state index contributed by atoms with van der Waals surface area (Å²) in [5.74, 6) is 0. The summed E-state index contributed by atoms with van der Waals surface area (Å²) in [6.45, 7) is 2.07. The van der Waals surface area contributed by atoms with Crippen LogP contribution in [0.5, 0.6) is 0 Å². The van der Waals surface area contributed by atoms with Gasteiger partial charge < -0.3 is 0 Å². The van der Waals surface area contributed by atoms with Crippen molar-refractivity contribution in [1.29, 1.82) is 5.26 Å². The van der Waals surface area contributed by atoms with Gasteiger partial charge in [0.25, 0.3) is 0 Å². The van der Waals surface area contributed by atoms with Gasteiger partial charge in [0.15, 0.2) is 0 Å². The first kappa shape index (κ1) is 16.3. The van der Waals surface area contributed by atoms with Crippen LogP contribution in [0.15, 0.2) is 72.1 Å². The Balaban J connectivity index is 1.75. The van der Waals surface area contributed by atoms with E-state index in [9.17, 15) is 5.26 Å². The van der Waals surface area contributed by atoms with Crippen molar-refractivity contribution in [3.63, 3.8) is 0 Å². The molecule has 0 aliphatic rings. The van der Waals surface area contributed by atoms with Gasteiger partial charge >= 0.3 is 0 Å². The predicted molar refractivity (Wildman–Crippen MR) is 110 cm³/mol. The molecule has 0 aliphatic heterocycles. The summed E-state index contributed by atoms with van der Waals surface area (Å²) >= 11 is 1.50. The first-order valence-corrected chi connectivity index (χ1v) is 9.25. The standard InChI is InChI=1S/C23H16N2S/c1-16-9-11-18(12-10-16)22-15-26-23(25-22)20(14-24)13-19-7-4-6-17-5-2-3-8-21(17)19/h2-13,15H,1H3/b20-13+. The molecule has 1 aromatic heterocycles. The van der Waals surface area contributed by atoms with Crippen molar-refractivity contribution >= 4 is 33.8 Å². The predicted octanol–water partition coefficient (Wildman–Crippen LogP) is 6.34. The maximum atomic E-state index is 9.68. The lowest BCUT2D eigenvalue weighted by atomic mass is 10.0. The van der Waals surface area contributed by atoms with Gasteiger partial charge in [-0.15, -0.1) is 11.3 Å². The van der Waals surface area contributed by atoms with E-state index in [1.54, 1.807) is 0 Å². The molecular formula is C23H16N2S. The highest BCUT2D eigenvalue weighted by molar-refractivity contribution is 7.11. The van der Waals surface area contributed by atoms with Crippen molar-refractivity contribution in [2.45, 2.75) is 6.92 Å². The number of benzene rings is 3. The molecule has 26 heavy (non-hydrogen) atoms. The average Bonchev–Trinajstić information content (AvgIpc) is 3.16. The smallest absolute Gasteiger partial charge is 0.134 e. The molecule has 0 saturated carbocycles. The Bertz CT molecular complexity index is 1140. The van der Waals surface area contributed by atoms with Crippen molar-refractivity contribution in [2.75, 3.05) is 0 Å². The van der Waals surface area contributed by atoms with Crippen molar-refractivity contribution in [3.05, 3.63) is 88.2 Å². The van der Waals surface area contributed by atoms with Gasteiger partial charge in [0, 0.05) is 10.9 Å². The molecule has 0 aliphatic carbocycles. The van der Waals surface area contributed by atoms with Crippen LogP contribution in [-0.2, 0) is 0 Å². The largest absolute Gasteiger partial charge is 0.235 e. The Kier molecular flexibility index (Phi) is 4.35. The fourth-order valence-electron chi connectivity index (χ4n) is 2.93. The molecular weight excluding hydrogens is 336 g/mol. The molecule has 0 saturated heterocycles. The fourth-order valence-corrected chi connectivity index (χ4v) is 3.72. The first-order chi connectivity index (χ1) is 12.7. The van der Waals surface area contributed by atoms with Gasteiger partial charge in [0.1, 0.15) is 11.1 Å². The van der Waals surface area contributed by atoms with Crippen LogP contribution in [0.2, 0.25) is 0 Å². The number of aryl methyl sites for hydroxylation is 1. The summed E-state index contributed by atoms with van der Waals surface area (Å²) < 4.78 is 0. The number of aromatic nitrogens is 1. The lowest BCUT2D eigenvalue weighted by Crippen LogP contribution is -1.84. The summed E-state index contributed by atoms with van der Waals surface area (Å²) in [5.41, 5.74) is 4.82. The highest BCUT2D eigenvalue weighted by Crippen LogP contribution is 2.29. The second kappa shape index (κ2) is 6.95. The monoisotopic (exact) mass is 352 g/mol. The van der Waals surface area contributed by atoms with E-state index < -0.39 is 0 Å². The molecule has 0 spiro atoms. The average molecular weight is 352 g/mol. The molecule has 1 heterocycles. The Morgan fingerprint density at radius 3 is 2.58 bits per heavy atom. The van der Waals surface area contributed by atoms with E-state index in [1.807, 2.05) is 35.7 Å². The number of allylic oxidation sites excluding steroid dienone is 1. The van der Waals surface area contributed by atoms with Gasteiger partial charge in [-0.25, -0.2) is 4.98 Å². The molecule has 124 valence electrons. The number of hydrogen-bond donors (Lipinski definition) is 0. The minimum atomic E-state index is 0.588. The maximum Gasteiger partial charge on any atom is 0.134 e. The highest BCUT2D eigenvalue weighted by atomic mass is 32.1. The minimum Gasteiger partial charge on any atom is -0.235 e. The Hall–Kier alpha value is -3.22. The van der Waals surface area contributed by atoms with Crippen LogP contribution in [0.3, 0.4) is 0 Å². The van der Waals surface area contributed by atoms with Crippen molar-refractivity contribution in [2.24, 2.45) is 0 Å². The lowest BCUT2D eigenvalue weighted by Gasteiger charge is -2.02. The number of fused-ring (bicyclic) bond motifs is 1. The van der Waals surface area contributed by atoms with E-state index in [4.69, 9.17) is 0 Å². The van der Waals surface area contributed by atoms with E-state index in [0.717, 1.165) is 32.6 Å². The second-order valence-electron chi connectivity index (χ2n) is 6.14. The van der Waals surface area contributed by atoms with Crippen LogP contribution in [0.1, 0.15) is 16.1 Å². The Morgan fingerprint density at radius 1 is 1.00 bits per heavy atom. The zero-order valence-electron chi connectivity index (χ0n) is 14.3. The minimum absolute atomic E-state index is 0.588. The van der Waals surface area contributed by atoms with Gasteiger partial charge in [-0.2, -0.15) is 5.26 Å². The van der Waals surface area contributed by atoms with E-state index in [2.05, 4.69) is 60.4 Å². The SMILES string of the molecule is Cc1ccc(-c2csc(/C(C#N)=C/c3cccc4ccccc34)n2)cc1. The fraction of sp³-hybridized carbons (Fsp3) is 0.0435. The molecule has 4 aromatic rings. The highest BCUT2D eigenvalue weighted by Gasteiger charge is 2.10. The van der Waals surface area contributed by atoms with Gasteiger partial charge in [0.05, 0.1) is 11.3 Å². The Morgan fingerprint density at radius 2 is 1.77 bits per heavy atom. The van der Waals surface area contributed by atoms with Crippen LogP contribution >= 0.6 is 11.3 Å². The number of thiazole rings is 1. The molecule has 0 radical (unpaired) electrons.